The van der Waals surface area contributed by atoms with Crippen LogP contribution in [0.5, 0.6) is 0 Å². The van der Waals surface area contributed by atoms with Crippen LogP contribution in [0.1, 0.15) is 12.8 Å². The van der Waals surface area contributed by atoms with Crippen molar-refractivity contribution in [1.82, 2.24) is 14.5 Å². The summed E-state index contributed by atoms with van der Waals surface area (Å²) < 4.78 is 2.35. The monoisotopic (exact) mass is 348 g/mol. The van der Waals surface area contributed by atoms with Crippen molar-refractivity contribution in [1.29, 1.82) is 0 Å². The summed E-state index contributed by atoms with van der Waals surface area (Å²) in [6.07, 6.45) is 6.33. The van der Waals surface area contributed by atoms with Crippen LogP contribution < -0.4 is 4.90 Å². The number of hydrogen-bond acceptors (Lipinski definition) is 4. The minimum absolute atomic E-state index is 1.02. The predicted molar refractivity (Wildman–Crippen MR) is 103 cm³/mol. The number of anilines is 1. The number of rotatable bonds is 3. The Bertz CT molecular complexity index is 880. The number of imidazole rings is 1. The molecule has 0 bridgehead atoms. The molecule has 1 saturated heterocycles. The first-order chi connectivity index (χ1) is 12.4. The molecule has 2 aliphatic heterocycles. The summed E-state index contributed by atoms with van der Waals surface area (Å²) in [5.74, 6) is 1.11. The van der Waals surface area contributed by atoms with Gasteiger partial charge in [0.15, 0.2) is 5.16 Å². The molecule has 0 aliphatic carbocycles. The second-order valence-corrected chi connectivity index (χ2v) is 7.63. The van der Waals surface area contributed by atoms with Crippen molar-refractivity contribution < 1.29 is 0 Å². The predicted octanol–water partition coefficient (Wildman–Crippen LogP) is 4.32. The first-order valence-electron chi connectivity index (χ1n) is 8.89. The Hall–Kier alpha value is -2.27. The van der Waals surface area contributed by atoms with Crippen LogP contribution >= 0.6 is 11.8 Å². The molecule has 0 atom stereocenters. The zero-order valence-corrected chi connectivity index (χ0v) is 14.9. The fourth-order valence-electron chi connectivity index (χ4n) is 3.79. The summed E-state index contributed by atoms with van der Waals surface area (Å²) >= 11 is 1.84. The van der Waals surface area contributed by atoms with Gasteiger partial charge in [-0.05, 0) is 37.1 Å². The Labute approximate surface area is 151 Å². The van der Waals surface area contributed by atoms with Crippen molar-refractivity contribution in [2.45, 2.75) is 24.5 Å². The minimum atomic E-state index is 1.02. The smallest absolute Gasteiger partial charge is 0.169 e. The highest BCUT2D eigenvalue weighted by Crippen LogP contribution is 2.39. The molecule has 4 heterocycles. The molecule has 0 unspecified atom stereocenters. The third-order valence-electron chi connectivity index (χ3n) is 5.04. The van der Waals surface area contributed by atoms with Crippen molar-refractivity contribution in [3.63, 3.8) is 0 Å². The fraction of sp³-hybridized carbons (Fsp3) is 0.300. The molecule has 5 rings (SSSR count). The van der Waals surface area contributed by atoms with Crippen molar-refractivity contribution >= 4 is 17.4 Å². The van der Waals surface area contributed by atoms with Gasteiger partial charge in [-0.3, -0.25) is 4.98 Å². The highest BCUT2D eigenvalue weighted by Gasteiger charge is 2.24. The Morgan fingerprint density at radius 2 is 1.60 bits per heavy atom. The largest absolute Gasteiger partial charge is 0.372 e. The maximum absolute atomic E-state index is 4.96. The molecule has 2 aliphatic rings. The average molecular weight is 348 g/mol. The van der Waals surface area contributed by atoms with Gasteiger partial charge in [0.1, 0.15) is 0 Å². The van der Waals surface area contributed by atoms with E-state index >= 15 is 0 Å². The lowest BCUT2D eigenvalue weighted by Gasteiger charge is -2.17. The summed E-state index contributed by atoms with van der Waals surface area (Å²) in [6, 6.07) is 13.1. The Balaban J connectivity index is 1.58. The molecule has 5 heteroatoms. The Morgan fingerprint density at radius 3 is 2.36 bits per heavy atom. The fourth-order valence-corrected chi connectivity index (χ4v) is 4.74. The number of benzene rings is 1. The van der Waals surface area contributed by atoms with E-state index in [0.717, 1.165) is 23.1 Å². The molecule has 1 aromatic carbocycles. The lowest BCUT2D eigenvalue weighted by Crippen LogP contribution is -2.17. The maximum atomic E-state index is 4.96. The van der Waals surface area contributed by atoms with Crippen molar-refractivity contribution in [3.05, 3.63) is 48.8 Å². The van der Waals surface area contributed by atoms with E-state index in [0.29, 0.717) is 0 Å². The van der Waals surface area contributed by atoms with Gasteiger partial charge in [0.25, 0.3) is 0 Å². The van der Waals surface area contributed by atoms with E-state index < -0.39 is 0 Å². The SMILES string of the molecule is c1cc(-c2c(-c3ccc(N4CCCC4)cc3)nc3n2CCS3)ccn1. The third kappa shape index (κ3) is 2.63. The van der Waals surface area contributed by atoms with Gasteiger partial charge >= 0.3 is 0 Å². The van der Waals surface area contributed by atoms with Gasteiger partial charge in [-0.2, -0.15) is 0 Å². The van der Waals surface area contributed by atoms with Gasteiger partial charge in [0.2, 0.25) is 0 Å². The van der Waals surface area contributed by atoms with E-state index in [9.17, 15) is 0 Å². The lowest BCUT2D eigenvalue weighted by atomic mass is 10.1. The lowest BCUT2D eigenvalue weighted by molar-refractivity contribution is 0.726. The number of nitrogens with zero attached hydrogens (tertiary/aromatic N) is 4. The van der Waals surface area contributed by atoms with Gasteiger partial charge in [-0.15, -0.1) is 0 Å². The summed E-state index contributed by atoms with van der Waals surface area (Å²) in [6.45, 7) is 3.38. The highest BCUT2D eigenvalue weighted by molar-refractivity contribution is 7.99. The molecule has 1 fully saturated rings. The zero-order chi connectivity index (χ0) is 16.6. The van der Waals surface area contributed by atoms with Gasteiger partial charge in [0.05, 0.1) is 11.4 Å². The van der Waals surface area contributed by atoms with Gasteiger partial charge in [-0.1, -0.05) is 23.9 Å². The molecule has 126 valence electrons. The van der Waals surface area contributed by atoms with Gasteiger partial charge < -0.3 is 9.47 Å². The molecule has 3 aromatic rings. The molecule has 0 saturated carbocycles. The quantitative estimate of drug-likeness (QED) is 0.706. The Kier molecular flexibility index (Phi) is 3.74. The van der Waals surface area contributed by atoms with Crippen LogP contribution in [0.3, 0.4) is 0 Å². The van der Waals surface area contributed by atoms with Crippen LogP contribution in [0, 0.1) is 0 Å². The molecule has 2 aromatic heterocycles. The molecule has 0 spiro atoms. The number of thioether (sulfide) groups is 1. The topological polar surface area (TPSA) is 34.0 Å². The summed E-state index contributed by atoms with van der Waals surface area (Å²) in [7, 11) is 0. The maximum Gasteiger partial charge on any atom is 0.169 e. The van der Waals surface area contributed by atoms with E-state index in [1.54, 1.807) is 0 Å². The second kappa shape index (κ2) is 6.23. The van der Waals surface area contributed by atoms with Crippen molar-refractivity contribution in [2.75, 3.05) is 23.7 Å². The van der Waals surface area contributed by atoms with Crippen LogP contribution in [0.25, 0.3) is 22.5 Å². The standard InChI is InChI=1S/C20H20N4S/c1-2-12-23(11-1)17-5-3-15(4-6-17)18-19(16-7-9-21-10-8-16)24-13-14-25-20(24)22-18/h3-10H,1-2,11-14H2. The minimum Gasteiger partial charge on any atom is -0.372 e. The normalized spacial score (nSPS) is 16.4. The zero-order valence-electron chi connectivity index (χ0n) is 14.1. The number of pyridine rings is 1. The summed E-state index contributed by atoms with van der Waals surface area (Å²) in [5.41, 5.74) is 6.01. The molecular weight excluding hydrogens is 328 g/mol. The Morgan fingerprint density at radius 1 is 0.840 bits per heavy atom. The number of fused-ring (bicyclic) bond motifs is 1. The average Bonchev–Trinajstić information content (AvgIpc) is 3.39. The first kappa shape index (κ1) is 15.0. The van der Waals surface area contributed by atoms with Gasteiger partial charge in [-0.25, -0.2) is 4.98 Å². The highest BCUT2D eigenvalue weighted by atomic mass is 32.2. The molecule has 0 amide bonds. The first-order valence-corrected chi connectivity index (χ1v) is 9.88. The van der Waals surface area contributed by atoms with E-state index in [1.807, 2.05) is 24.2 Å². The van der Waals surface area contributed by atoms with Crippen LogP contribution in [0.4, 0.5) is 5.69 Å². The van der Waals surface area contributed by atoms with Gasteiger partial charge in [0, 0.05) is 54.6 Å². The van der Waals surface area contributed by atoms with Crippen LogP contribution in [0.15, 0.2) is 53.9 Å². The molecule has 0 radical (unpaired) electrons. The van der Waals surface area contributed by atoms with Crippen molar-refractivity contribution in [2.24, 2.45) is 0 Å². The molecule has 25 heavy (non-hydrogen) atoms. The molecule has 4 nitrogen and oxygen atoms in total. The van der Waals surface area contributed by atoms with E-state index in [-0.39, 0.29) is 0 Å². The van der Waals surface area contributed by atoms with E-state index in [1.165, 1.54) is 48.4 Å². The van der Waals surface area contributed by atoms with E-state index in [4.69, 9.17) is 4.98 Å². The van der Waals surface area contributed by atoms with Crippen LogP contribution in [0.2, 0.25) is 0 Å². The number of aromatic nitrogens is 3. The second-order valence-electron chi connectivity index (χ2n) is 6.57. The van der Waals surface area contributed by atoms with Crippen molar-refractivity contribution in [3.8, 4) is 22.5 Å². The van der Waals surface area contributed by atoms with Crippen LogP contribution in [-0.4, -0.2) is 33.4 Å². The van der Waals surface area contributed by atoms with Crippen LogP contribution in [-0.2, 0) is 6.54 Å². The summed E-state index contributed by atoms with van der Waals surface area (Å²) in [5, 5.41) is 1.13. The third-order valence-corrected chi connectivity index (χ3v) is 6.00. The molecule has 0 N–H and O–H groups in total. The molecular formula is C20H20N4S. The number of hydrogen-bond donors (Lipinski definition) is 0. The van der Waals surface area contributed by atoms with E-state index in [2.05, 4.69) is 50.8 Å². The summed E-state index contributed by atoms with van der Waals surface area (Å²) in [4.78, 5) is 11.6.